The molecule has 0 radical (unpaired) electrons. The lowest BCUT2D eigenvalue weighted by Crippen LogP contribution is -2.49. The average molecular weight is 421 g/mol. The van der Waals surface area contributed by atoms with Gasteiger partial charge in [0.1, 0.15) is 12.6 Å². The summed E-state index contributed by atoms with van der Waals surface area (Å²) in [6.45, 7) is 1.65. The summed E-state index contributed by atoms with van der Waals surface area (Å²) in [5.74, 6) is -4.44. The zero-order valence-electron chi connectivity index (χ0n) is 15.4. The molecular formula is C17H22F3N3O6. The van der Waals surface area contributed by atoms with Crippen LogP contribution in [0.25, 0.3) is 0 Å². The predicted octanol–water partition coefficient (Wildman–Crippen LogP) is 0.461. The summed E-state index contributed by atoms with van der Waals surface area (Å²) in [6, 6.07) is 7.52. The van der Waals surface area contributed by atoms with Crippen molar-refractivity contribution in [3.05, 3.63) is 35.9 Å². The number of rotatable bonds is 8. The lowest BCUT2D eigenvalue weighted by atomic mass is 10.1. The van der Waals surface area contributed by atoms with Crippen molar-refractivity contribution in [3.63, 3.8) is 0 Å². The maximum Gasteiger partial charge on any atom is 0.490 e. The number of hydrogen-bond donors (Lipinski definition) is 4. The van der Waals surface area contributed by atoms with Crippen molar-refractivity contribution in [1.29, 1.82) is 0 Å². The van der Waals surface area contributed by atoms with Gasteiger partial charge in [-0.15, -0.1) is 0 Å². The average Bonchev–Trinajstić information content (AvgIpc) is 2.63. The Labute approximate surface area is 164 Å². The molecule has 9 nitrogen and oxygen atoms in total. The van der Waals surface area contributed by atoms with Crippen LogP contribution in [-0.4, -0.2) is 47.1 Å². The van der Waals surface area contributed by atoms with Crippen LogP contribution in [0.3, 0.4) is 0 Å². The van der Waals surface area contributed by atoms with Gasteiger partial charge in [0.25, 0.3) is 0 Å². The van der Waals surface area contributed by atoms with E-state index in [1.54, 1.807) is 0 Å². The van der Waals surface area contributed by atoms with Gasteiger partial charge in [-0.2, -0.15) is 13.2 Å². The van der Waals surface area contributed by atoms with Crippen LogP contribution in [0.1, 0.15) is 25.3 Å². The fraction of sp³-hybridized carbons (Fsp3) is 0.412. The summed E-state index contributed by atoms with van der Waals surface area (Å²) >= 11 is 0. The molecule has 0 spiro atoms. The molecule has 6 N–H and O–H groups in total. The molecule has 29 heavy (non-hydrogen) atoms. The number of primary amides is 1. The van der Waals surface area contributed by atoms with Crippen LogP contribution in [0.4, 0.5) is 13.2 Å². The number of aliphatic carboxylic acids is 1. The van der Waals surface area contributed by atoms with Crippen LogP contribution in [0.15, 0.2) is 30.3 Å². The number of esters is 1. The van der Waals surface area contributed by atoms with Gasteiger partial charge < -0.3 is 26.6 Å². The second kappa shape index (κ2) is 12.3. The van der Waals surface area contributed by atoms with E-state index >= 15 is 0 Å². The summed E-state index contributed by atoms with van der Waals surface area (Å²) in [5.41, 5.74) is 11.5. The topological polar surface area (TPSA) is 162 Å². The minimum absolute atomic E-state index is 0.0281. The number of ether oxygens (including phenoxy) is 1. The first kappa shape index (κ1) is 25.9. The molecule has 12 heteroatoms. The maximum atomic E-state index is 11.7. The van der Waals surface area contributed by atoms with Crippen LogP contribution in [0.5, 0.6) is 0 Å². The second-order valence-corrected chi connectivity index (χ2v) is 5.74. The fourth-order valence-electron chi connectivity index (χ4n) is 1.66. The van der Waals surface area contributed by atoms with Crippen molar-refractivity contribution >= 4 is 23.8 Å². The number of nitrogens with two attached hydrogens (primary N) is 2. The van der Waals surface area contributed by atoms with E-state index in [9.17, 15) is 27.6 Å². The molecular weight excluding hydrogens is 399 g/mol. The van der Waals surface area contributed by atoms with E-state index in [1.165, 1.54) is 6.92 Å². The van der Waals surface area contributed by atoms with E-state index in [2.05, 4.69) is 5.32 Å². The van der Waals surface area contributed by atoms with E-state index < -0.39 is 42.0 Å². The number of benzene rings is 1. The van der Waals surface area contributed by atoms with Gasteiger partial charge in [0, 0.05) is 6.42 Å². The SMILES string of the molecule is CC(N)C(=O)NC(CCC(=O)OCc1ccccc1)C(N)=O.O=C(O)C(F)(F)F. The highest BCUT2D eigenvalue weighted by Crippen LogP contribution is 2.13. The minimum Gasteiger partial charge on any atom is -0.475 e. The van der Waals surface area contributed by atoms with Gasteiger partial charge >= 0.3 is 18.1 Å². The molecule has 0 aliphatic heterocycles. The highest BCUT2D eigenvalue weighted by molar-refractivity contribution is 5.89. The molecule has 0 fully saturated rings. The number of carbonyl (C=O) groups excluding carboxylic acids is 3. The lowest BCUT2D eigenvalue weighted by molar-refractivity contribution is -0.192. The van der Waals surface area contributed by atoms with Crippen LogP contribution in [0.2, 0.25) is 0 Å². The van der Waals surface area contributed by atoms with Gasteiger partial charge in [0.15, 0.2) is 0 Å². The zero-order chi connectivity index (χ0) is 22.6. The van der Waals surface area contributed by atoms with Crippen LogP contribution in [-0.2, 0) is 30.5 Å². The number of alkyl halides is 3. The van der Waals surface area contributed by atoms with Crippen LogP contribution in [0, 0.1) is 0 Å². The second-order valence-electron chi connectivity index (χ2n) is 5.74. The molecule has 0 aromatic heterocycles. The summed E-state index contributed by atoms with van der Waals surface area (Å²) < 4.78 is 36.8. The molecule has 2 unspecified atom stereocenters. The molecule has 0 saturated carbocycles. The Kier molecular flexibility index (Phi) is 11.0. The smallest absolute Gasteiger partial charge is 0.475 e. The first-order valence-corrected chi connectivity index (χ1v) is 8.19. The predicted molar refractivity (Wildman–Crippen MR) is 93.9 cm³/mol. The number of hydrogen-bond acceptors (Lipinski definition) is 6. The van der Waals surface area contributed by atoms with Gasteiger partial charge in [-0.05, 0) is 18.9 Å². The lowest BCUT2D eigenvalue weighted by Gasteiger charge is -2.16. The van der Waals surface area contributed by atoms with Gasteiger partial charge in [-0.3, -0.25) is 14.4 Å². The number of carboxylic acids is 1. The molecule has 1 aromatic rings. The number of nitrogens with one attached hydrogen (secondary N) is 1. The molecule has 1 rings (SSSR count). The van der Waals surface area contributed by atoms with E-state index in [-0.39, 0.29) is 19.4 Å². The summed E-state index contributed by atoms with van der Waals surface area (Å²) in [5, 5.41) is 9.52. The monoisotopic (exact) mass is 421 g/mol. The maximum absolute atomic E-state index is 11.7. The standard InChI is InChI=1S/C15H21N3O4.C2HF3O2/c1-10(16)15(21)18-12(14(17)20)7-8-13(19)22-9-11-5-3-2-4-6-11;3-2(4,5)1(6)7/h2-6,10,12H,7-9,16H2,1H3,(H2,17,20)(H,18,21);(H,6,7). The zero-order valence-corrected chi connectivity index (χ0v) is 15.4. The highest BCUT2D eigenvalue weighted by Gasteiger charge is 2.38. The molecule has 0 aliphatic rings. The summed E-state index contributed by atoms with van der Waals surface area (Å²) in [6.07, 6.45) is -5.04. The molecule has 1 aromatic carbocycles. The minimum atomic E-state index is -5.08. The fourth-order valence-corrected chi connectivity index (χ4v) is 1.66. The van der Waals surface area contributed by atoms with Gasteiger partial charge in [-0.25, -0.2) is 4.79 Å². The third kappa shape index (κ3) is 12.0. The van der Waals surface area contributed by atoms with Gasteiger partial charge in [0.2, 0.25) is 11.8 Å². The molecule has 2 amide bonds. The Hall–Kier alpha value is -3.15. The Morgan fingerprint density at radius 1 is 1.17 bits per heavy atom. The van der Waals surface area contributed by atoms with E-state index in [4.69, 9.17) is 26.1 Å². The first-order chi connectivity index (χ1) is 13.3. The van der Waals surface area contributed by atoms with E-state index in [0.29, 0.717) is 0 Å². The van der Waals surface area contributed by atoms with Crippen molar-refractivity contribution in [2.75, 3.05) is 0 Å². The third-order valence-corrected chi connectivity index (χ3v) is 3.20. The first-order valence-electron chi connectivity index (χ1n) is 8.19. The summed E-state index contributed by atoms with van der Waals surface area (Å²) in [4.78, 5) is 43.3. The normalized spacial score (nSPS) is 12.6. The van der Waals surface area contributed by atoms with Crippen LogP contribution < -0.4 is 16.8 Å². The van der Waals surface area contributed by atoms with E-state index in [0.717, 1.165) is 5.56 Å². The number of amides is 2. The largest absolute Gasteiger partial charge is 0.490 e. The van der Waals surface area contributed by atoms with Crippen molar-refractivity contribution < 1.29 is 42.2 Å². The van der Waals surface area contributed by atoms with E-state index in [1.807, 2.05) is 30.3 Å². The molecule has 0 heterocycles. The Balaban J connectivity index is 0.000000956. The Morgan fingerprint density at radius 3 is 2.10 bits per heavy atom. The Morgan fingerprint density at radius 2 is 1.69 bits per heavy atom. The molecule has 2 atom stereocenters. The molecule has 162 valence electrons. The number of carbonyl (C=O) groups is 4. The van der Waals surface area contributed by atoms with Gasteiger partial charge in [0.05, 0.1) is 6.04 Å². The Bertz CT molecular complexity index is 695. The summed E-state index contributed by atoms with van der Waals surface area (Å²) in [7, 11) is 0. The van der Waals surface area contributed by atoms with Crippen molar-refractivity contribution in [2.24, 2.45) is 11.5 Å². The quantitative estimate of drug-likeness (QED) is 0.443. The third-order valence-electron chi connectivity index (χ3n) is 3.20. The van der Waals surface area contributed by atoms with Crippen molar-refractivity contribution in [2.45, 2.75) is 44.6 Å². The van der Waals surface area contributed by atoms with Crippen molar-refractivity contribution in [3.8, 4) is 0 Å². The number of halogens is 3. The number of carboxylic acid groups (broad SMARTS) is 1. The molecule has 0 saturated heterocycles. The van der Waals surface area contributed by atoms with Crippen molar-refractivity contribution in [1.82, 2.24) is 5.32 Å². The molecule has 0 aliphatic carbocycles. The molecule has 0 bridgehead atoms. The van der Waals surface area contributed by atoms with Crippen LogP contribution >= 0.6 is 0 Å². The highest BCUT2D eigenvalue weighted by atomic mass is 19.4. The van der Waals surface area contributed by atoms with Gasteiger partial charge in [-0.1, -0.05) is 30.3 Å².